The second-order valence-corrected chi connectivity index (χ2v) is 7.89. The Balaban J connectivity index is 1.49. The second-order valence-electron chi connectivity index (χ2n) is 5.83. The van der Waals surface area contributed by atoms with Gasteiger partial charge in [-0.3, -0.25) is 14.5 Å². The van der Waals surface area contributed by atoms with Gasteiger partial charge in [0.1, 0.15) is 18.3 Å². The number of nitrogens with one attached hydrogen (secondary N) is 1. The lowest BCUT2D eigenvalue weighted by Gasteiger charge is -2.06. The van der Waals surface area contributed by atoms with Crippen molar-refractivity contribution in [2.45, 2.75) is 24.3 Å². The van der Waals surface area contributed by atoms with Crippen molar-refractivity contribution in [1.29, 1.82) is 0 Å². The van der Waals surface area contributed by atoms with Crippen LogP contribution in [0, 0.1) is 5.82 Å². The van der Waals surface area contributed by atoms with Crippen LogP contribution in [0.25, 0.3) is 0 Å². The molecule has 0 amide bonds. The highest BCUT2D eigenvalue weighted by Gasteiger charge is 2.29. The van der Waals surface area contributed by atoms with Crippen LogP contribution in [0.5, 0.6) is 0 Å². The van der Waals surface area contributed by atoms with Gasteiger partial charge in [0.25, 0.3) is 10.0 Å². The van der Waals surface area contributed by atoms with Crippen LogP contribution in [0.3, 0.4) is 0 Å². The first-order valence-electron chi connectivity index (χ1n) is 8.13. The van der Waals surface area contributed by atoms with Crippen LogP contribution < -0.4 is 4.72 Å². The molecule has 0 fully saturated rings. The molecule has 0 saturated carbocycles. The van der Waals surface area contributed by atoms with Gasteiger partial charge < -0.3 is 4.74 Å². The van der Waals surface area contributed by atoms with Gasteiger partial charge in [0.2, 0.25) is 0 Å². The number of rotatable bonds is 6. The van der Waals surface area contributed by atoms with Crippen molar-refractivity contribution in [3.05, 3.63) is 64.4 Å². The minimum absolute atomic E-state index is 0.0420. The van der Waals surface area contributed by atoms with Crippen molar-refractivity contribution < 1.29 is 22.3 Å². The van der Waals surface area contributed by atoms with Gasteiger partial charge in [-0.05, 0) is 30.7 Å². The number of hydrogen-bond donors (Lipinski definition) is 1. The summed E-state index contributed by atoms with van der Waals surface area (Å²) in [6.07, 6.45) is 0.507. The molecule has 1 aliphatic heterocycles. The van der Waals surface area contributed by atoms with Crippen molar-refractivity contribution in [2.24, 2.45) is 4.99 Å². The summed E-state index contributed by atoms with van der Waals surface area (Å²) < 4.78 is 44.4. The Morgan fingerprint density at radius 3 is 2.78 bits per heavy atom. The second kappa shape index (κ2) is 8.06. The molecule has 27 heavy (non-hydrogen) atoms. The van der Waals surface area contributed by atoms with Gasteiger partial charge in [0.05, 0.1) is 9.92 Å². The summed E-state index contributed by atoms with van der Waals surface area (Å²) in [5.41, 5.74) is 1.04. The number of sulfonamides is 1. The third-order valence-corrected chi connectivity index (χ3v) is 5.62. The average Bonchev–Trinajstić information content (AvgIpc) is 2.89. The smallest absolute Gasteiger partial charge is 0.306 e. The van der Waals surface area contributed by atoms with Crippen molar-refractivity contribution >= 4 is 33.4 Å². The molecule has 0 saturated heterocycles. The lowest BCUT2D eigenvalue weighted by atomic mass is 10.2. The Morgan fingerprint density at radius 1 is 1.22 bits per heavy atom. The Labute approximate surface area is 161 Å². The monoisotopic (exact) mass is 410 g/mol. The summed E-state index contributed by atoms with van der Waals surface area (Å²) in [5, 5.41) is 0.196. The highest BCUT2D eigenvalue weighted by molar-refractivity contribution is 7.90. The molecular formula is C18H16ClFN2O4S. The molecule has 0 spiro atoms. The molecule has 2 aromatic carbocycles. The summed E-state index contributed by atoms with van der Waals surface area (Å²) >= 11 is 5.87. The number of ether oxygens (including phenoxy) is 1. The zero-order valence-electron chi connectivity index (χ0n) is 14.1. The van der Waals surface area contributed by atoms with Crippen molar-refractivity contribution in [3.63, 3.8) is 0 Å². The predicted octanol–water partition coefficient (Wildman–Crippen LogP) is 3.04. The molecule has 0 unspecified atom stereocenters. The highest BCUT2D eigenvalue weighted by Crippen LogP contribution is 2.22. The molecular weight excluding hydrogens is 395 g/mol. The van der Waals surface area contributed by atoms with Crippen LogP contribution in [0.1, 0.15) is 24.0 Å². The molecule has 142 valence electrons. The standard InChI is InChI=1S/C18H16ClFN2O4S/c19-15-10-13(20)8-7-12(15)11-26-17(23)6-3-9-21-18-14-4-1-2-5-16(14)27(24,25)22-18/h1-2,4-5,7-8,10H,3,6,9,11H2,(H,21,22). The molecule has 0 atom stereocenters. The van der Waals surface area contributed by atoms with Crippen LogP contribution in [-0.2, 0) is 26.2 Å². The molecule has 1 N–H and O–H groups in total. The van der Waals surface area contributed by atoms with E-state index >= 15 is 0 Å². The minimum Gasteiger partial charge on any atom is -0.461 e. The number of nitrogens with zero attached hydrogens (tertiary/aromatic N) is 1. The van der Waals surface area contributed by atoms with Gasteiger partial charge in [0.15, 0.2) is 0 Å². The van der Waals surface area contributed by atoms with E-state index in [0.717, 1.165) is 6.07 Å². The number of esters is 1. The van der Waals surface area contributed by atoms with E-state index in [4.69, 9.17) is 16.3 Å². The molecule has 9 heteroatoms. The van der Waals surface area contributed by atoms with E-state index < -0.39 is 21.8 Å². The number of benzene rings is 2. The summed E-state index contributed by atoms with van der Waals surface area (Å²) in [4.78, 5) is 16.2. The number of carbonyl (C=O) groups excluding carboxylic acids is 1. The van der Waals surface area contributed by atoms with Crippen LogP contribution >= 0.6 is 11.6 Å². The predicted molar refractivity (Wildman–Crippen MR) is 98.6 cm³/mol. The summed E-state index contributed by atoms with van der Waals surface area (Å²) in [6.45, 7) is 0.220. The van der Waals surface area contributed by atoms with Gasteiger partial charge >= 0.3 is 5.97 Å². The third-order valence-electron chi connectivity index (χ3n) is 3.88. The summed E-state index contributed by atoms with van der Waals surface area (Å²) in [6, 6.07) is 10.4. The quantitative estimate of drug-likeness (QED) is 0.586. The number of hydrogen-bond acceptors (Lipinski definition) is 5. The van der Waals surface area contributed by atoms with Crippen LogP contribution in [0.2, 0.25) is 5.02 Å². The molecule has 3 rings (SSSR count). The number of fused-ring (bicyclic) bond motifs is 1. The first-order chi connectivity index (χ1) is 12.9. The minimum atomic E-state index is -3.57. The summed E-state index contributed by atoms with van der Waals surface area (Å²) in [5.74, 6) is -0.627. The molecule has 6 nitrogen and oxygen atoms in total. The van der Waals surface area contributed by atoms with Gasteiger partial charge in [-0.25, -0.2) is 12.8 Å². The van der Waals surface area contributed by atoms with Gasteiger partial charge in [0, 0.05) is 24.1 Å². The first-order valence-corrected chi connectivity index (χ1v) is 9.99. The van der Waals surface area contributed by atoms with E-state index in [1.165, 1.54) is 18.2 Å². The normalized spacial score (nSPS) is 16.0. The van der Waals surface area contributed by atoms with Gasteiger partial charge in [-0.1, -0.05) is 29.8 Å². The van der Waals surface area contributed by atoms with Gasteiger partial charge in [-0.15, -0.1) is 0 Å². The fourth-order valence-corrected chi connectivity index (χ4v) is 4.01. The molecule has 0 bridgehead atoms. The topological polar surface area (TPSA) is 84.8 Å². The van der Waals surface area contributed by atoms with E-state index in [2.05, 4.69) is 9.71 Å². The zero-order valence-corrected chi connectivity index (χ0v) is 15.7. The summed E-state index contributed by atoms with van der Waals surface area (Å²) in [7, 11) is -3.57. The maximum absolute atomic E-state index is 13.0. The van der Waals surface area contributed by atoms with Crippen LogP contribution in [0.4, 0.5) is 4.39 Å². The number of amidine groups is 1. The van der Waals surface area contributed by atoms with E-state index in [1.807, 2.05) is 0 Å². The van der Waals surface area contributed by atoms with E-state index in [-0.39, 0.29) is 35.3 Å². The Bertz CT molecular complexity index is 1010. The van der Waals surface area contributed by atoms with Gasteiger partial charge in [-0.2, -0.15) is 0 Å². The Morgan fingerprint density at radius 2 is 2.00 bits per heavy atom. The molecule has 0 aliphatic carbocycles. The van der Waals surface area contributed by atoms with Crippen LogP contribution in [0.15, 0.2) is 52.4 Å². The lowest BCUT2D eigenvalue weighted by Crippen LogP contribution is -2.22. The average molecular weight is 411 g/mol. The number of halogens is 2. The fourth-order valence-electron chi connectivity index (χ4n) is 2.53. The van der Waals surface area contributed by atoms with Crippen molar-refractivity contribution in [3.8, 4) is 0 Å². The van der Waals surface area contributed by atoms with E-state index in [0.29, 0.717) is 17.5 Å². The molecule has 1 heterocycles. The number of aliphatic imine (C=N–C) groups is 1. The molecule has 2 aromatic rings. The van der Waals surface area contributed by atoms with Crippen LogP contribution in [-0.4, -0.2) is 26.8 Å². The molecule has 0 radical (unpaired) electrons. The lowest BCUT2D eigenvalue weighted by molar-refractivity contribution is -0.145. The SMILES string of the molecule is O=C(CCCN=C1NS(=O)(=O)c2ccccc21)OCc1ccc(F)cc1Cl. The van der Waals surface area contributed by atoms with Crippen molar-refractivity contribution in [1.82, 2.24) is 4.72 Å². The van der Waals surface area contributed by atoms with E-state index in [9.17, 15) is 17.6 Å². The molecule has 1 aliphatic rings. The third kappa shape index (κ3) is 4.64. The maximum atomic E-state index is 13.0. The Kier molecular flexibility index (Phi) is 5.76. The Hall–Kier alpha value is -2.45. The maximum Gasteiger partial charge on any atom is 0.306 e. The zero-order chi connectivity index (χ0) is 19.4. The highest BCUT2D eigenvalue weighted by atomic mass is 35.5. The van der Waals surface area contributed by atoms with E-state index in [1.54, 1.807) is 18.2 Å². The first kappa shape index (κ1) is 19.3. The largest absolute Gasteiger partial charge is 0.461 e. The number of carbonyl (C=O) groups is 1. The fraction of sp³-hybridized carbons (Fsp3) is 0.222. The van der Waals surface area contributed by atoms with Crippen molar-refractivity contribution in [2.75, 3.05) is 6.54 Å². The molecule has 0 aromatic heterocycles.